The van der Waals surface area contributed by atoms with Gasteiger partial charge in [0.1, 0.15) is 6.54 Å². The van der Waals surface area contributed by atoms with Gasteiger partial charge in [-0.2, -0.15) is 0 Å². The van der Waals surface area contributed by atoms with Gasteiger partial charge in [-0.3, -0.25) is 0 Å². The Hall–Kier alpha value is -0.820. The van der Waals surface area contributed by atoms with Gasteiger partial charge in [-0.1, -0.05) is 167 Å². The van der Waals surface area contributed by atoms with Crippen molar-refractivity contribution in [3.63, 3.8) is 0 Å². The Labute approximate surface area is 271 Å². The van der Waals surface area contributed by atoms with E-state index >= 15 is 0 Å². The highest BCUT2D eigenvalue weighted by Gasteiger charge is 2.02. The first kappa shape index (κ1) is 41.2. The Kier molecular flexibility index (Phi) is 34.0. The molecule has 1 heterocycles. The van der Waals surface area contributed by atoms with Crippen molar-refractivity contribution in [2.75, 3.05) is 0 Å². The molecular formula is C40H74ClN. The van der Waals surface area contributed by atoms with Gasteiger partial charge in [-0.05, 0) is 50.5 Å². The maximum absolute atomic E-state index is 2.44. The molecule has 0 atom stereocenters. The molecule has 0 aliphatic heterocycles. The normalized spacial score (nSPS) is 11.4. The number of hydrogen-bond donors (Lipinski definition) is 0. The Balaban J connectivity index is 0.0000168. The van der Waals surface area contributed by atoms with Gasteiger partial charge >= 0.3 is 0 Å². The SMILES string of the molecule is CCCCCCCC/C=C\CCCCCCCCCc1cc[n+](CCCCCCCCCCCCCCCC)cc1.[Cl-]. The summed E-state index contributed by atoms with van der Waals surface area (Å²) in [4.78, 5) is 0. The number of rotatable bonds is 32. The van der Waals surface area contributed by atoms with E-state index in [4.69, 9.17) is 0 Å². The highest BCUT2D eigenvalue weighted by Crippen LogP contribution is 2.14. The average Bonchev–Trinajstić information content (AvgIpc) is 2.99. The number of allylic oxidation sites excluding steroid dienone is 2. The Morgan fingerprint density at radius 3 is 1.17 bits per heavy atom. The van der Waals surface area contributed by atoms with Crippen molar-refractivity contribution in [3.05, 3.63) is 42.2 Å². The van der Waals surface area contributed by atoms with Crippen LogP contribution in [0.3, 0.4) is 0 Å². The van der Waals surface area contributed by atoms with Crippen LogP contribution in [0.2, 0.25) is 0 Å². The van der Waals surface area contributed by atoms with Gasteiger partial charge in [0.15, 0.2) is 12.4 Å². The number of unbranched alkanes of at least 4 members (excludes halogenated alkanes) is 26. The number of hydrogen-bond acceptors (Lipinski definition) is 0. The number of aryl methyl sites for hydroxylation is 2. The molecule has 0 amide bonds. The maximum Gasteiger partial charge on any atom is 0.169 e. The Morgan fingerprint density at radius 2 is 0.762 bits per heavy atom. The molecule has 0 fully saturated rings. The summed E-state index contributed by atoms with van der Waals surface area (Å²) < 4.78 is 2.40. The van der Waals surface area contributed by atoms with E-state index in [1.54, 1.807) is 0 Å². The van der Waals surface area contributed by atoms with Gasteiger partial charge in [0, 0.05) is 18.6 Å². The maximum atomic E-state index is 2.44. The summed E-state index contributed by atoms with van der Waals surface area (Å²) in [5, 5.41) is 0. The molecule has 42 heavy (non-hydrogen) atoms. The van der Waals surface area contributed by atoms with Crippen LogP contribution in [0.1, 0.15) is 206 Å². The van der Waals surface area contributed by atoms with Gasteiger partial charge in [0.2, 0.25) is 0 Å². The van der Waals surface area contributed by atoms with Crippen molar-refractivity contribution >= 4 is 0 Å². The van der Waals surface area contributed by atoms with Crippen molar-refractivity contribution < 1.29 is 17.0 Å². The van der Waals surface area contributed by atoms with Crippen LogP contribution in [0.15, 0.2) is 36.7 Å². The van der Waals surface area contributed by atoms with Gasteiger partial charge in [-0.15, -0.1) is 0 Å². The van der Waals surface area contributed by atoms with E-state index in [1.165, 1.54) is 205 Å². The molecule has 0 saturated heterocycles. The second kappa shape index (κ2) is 34.7. The molecule has 0 radical (unpaired) electrons. The molecule has 0 N–H and O–H groups in total. The summed E-state index contributed by atoms with van der Waals surface area (Å²) in [6.07, 6.45) is 51.7. The average molecular weight is 604 g/mol. The Morgan fingerprint density at radius 1 is 0.429 bits per heavy atom. The first-order valence-electron chi connectivity index (χ1n) is 19.0. The zero-order chi connectivity index (χ0) is 29.3. The third-order valence-electron chi connectivity index (χ3n) is 8.96. The molecule has 0 spiro atoms. The van der Waals surface area contributed by atoms with Crippen molar-refractivity contribution in [1.82, 2.24) is 0 Å². The summed E-state index contributed by atoms with van der Waals surface area (Å²) >= 11 is 0. The third-order valence-corrected chi connectivity index (χ3v) is 8.96. The quantitative estimate of drug-likeness (QED) is 0.0438. The minimum absolute atomic E-state index is 0. The molecule has 0 bridgehead atoms. The van der Waals surface area contributed by atoms with Crippen molar-refractivity contribution in [2.45, 2.75) is 213 Å². The van der Waals surface area contributed by atoms with Crippen LogP contribution < -0.4 is 17.0 Å². The molecule has 246 valence electrons. The molecule has 0 saturated carbocycles. The molecule has 1 aromatic heterocycles. The summed E-state index contributed by atoms with van der Waals surface area (Å²) in [5.74, 6) is 0. The van der Waals surface area contributed by atoms with Crippen LogP contribution in [-0.2, 0) is 13.0 Å². The molecule has 1 rings (SSSR count). The lowest BCUT2D eigenvalue weighted by atomic mass is 10.0. The summed E-state index contributed by atoms with van der Waals surface area (Å²) in [7, 11) is 0. The zero-order valence-electron chi connectivity index (χ0n) is 28.7. The van der Waals surface area contributed by atoms with Crippen molar-refractivity contribution in [1.29, 1.82) is 0 Å². The topological polar surface area (TPSA) is 3.88 Å². The number of nitrogens with zero attached hydrogens (tertiary/aromatic N) is 1. The fourth-order valence-corrected chi connectivity index (χ4v) is 6.05. The van der Waals surface area contributed by atoms with Crippen molar-refractivity contribution in [2.24, 2.45) is 0 Å². The van der Waals surface area contributed by atoms with Crippen LogP contribution >= 0.6 is 0 Å². The first-order chi connectivity index (χ1) is 20.4. The van der Waals surface area contributed by atoms with Crippen LogP contribution in [-0.4, -0.2) is 0 Å². The molecule has 1 aromatic rings. The zero-order valence-corrected chi connectivity index (χ0v) is 29.5. The van der Waals surface area contributed by atoms with E-state index in [9.17, 15) is 0 Å². The van der Waals surface area contributed by atoms with Gasteiger partial charge in [0.25, 0.3) is 0 Å². The van der Waals surface area contributed by atoms with Crippen LogP contribution in [0.5, 0.6) is 0 Å². The van der Waals surface area contributed by atoms with E-state index in [0.29, 0.717) is 0 Å². The predicted octanol–water partition coefficient (Wildman–Crippen LogP) is 10.4. The predicted molar refractivity (Wildman–Crippen MR) is 185 cm³/mol. The molecule has 0 aliphatic rings. The highest BCUT2D eigenvalue weighted by molar-refractivity contribution is 5.07. The van der Waals surface area contributed by atoms with E-state index in [1.807, 2.05) is 0 Å². The Bertz CT molecular complexity index is 652. The van der Waals surface area contributed by atoms with Crippen LogP contribution in [0.25, 0.3) is 0 Å². The molecule has 0 aromatic carbocycles. The van der Waals surface area contributed by atoms with Crippen LogP contribution in [0.4, 0.5) is 0 Å². The number of aromatic nitrogens is 1. The third kappa shape index (κ3) is 29.3. The second-order valence-electron chi connectivity index (χ2n) is 13.1. The highest BCUT2D eigenvalue weighted by atomic mass is 35.5. The van der Waals surface area contributed by atoms with E-state index in [-0.39, 0.29) is 12.4 Å². The van der Waals surface area contributed by atoms with Crippen LogP contribution in [0, 0.1) is 0 Å². The first-order valence-corrected chi connectivity index (χ1v) is 19.0. The van der Waals surface area contributed by atoms with E-state index in [0.717, 1.165) is 0 Å². The molecule has 2 heteroatoms. The smallest absolute Gasteiger partial charge is 0.169 e. The van der Waals surface area contributed by atoms with E-state index < -0.39 is 0 Å². The standard InChI is InChI=1S/C40H74N.ClH/c1-3-5-7-9-11-13-15-17-19-20-21-22-24-26-28-30-32-34-40-35-38-41(39-36-40)37-33-31-29-27-25-23-18-16-14-12-10-8-6-4-2;/h17,19,35-36,38-39H,3-16,18,20-34,37H2,1-2H3;1H/q+1;/p-1/b19-17-;. The number of halogens is 1. The lowest BCUT2D eigenvalue weighted by Crippen LogP contribution is -3.00. The van der Waals surface area contributed by atoms with Gasteiger partial charge < -0.3 is 12.4 Å². The lowest BCUT2D eigenvalue weighted by Gasteiger charge is -2.04. The largest absolute Gasteiger partial charge is 1.00 e. The molecule has 1 nitrogen and oxygen atoms in total. The van der Waals surface area contributed by atoms with Gasteiger partial charge in [0.05, 0.1) is 0 Å². The molecular weight excluding hydrogens is 530 g/mol. The summed E-state index contributed by atoms with van der Waals surface area (Å²) in [6.45, 7) is 5.79. The molecule has 0 aliphatic carbocycles. The second-order valence-corrected chi connectivity index (χ2v) is 13.1. The van der Waals surface area contributed by atoms with Gasteiger partial charge in [-0.25, -0.2) is 4.57 Å². The minimum atomic E-state index is 0. The summed E-state index contributed by atoms with van der Waals surface area (Å²) in [5.41, 5.74) is 1.52. The fraction of sp³-hybridized carbons (Fsp3) is 0.825. The molecule has 0 unspecified atom stereocenters. The fourth-order valence-electron chi connectivity index (χ4n) is 6.05. The van der Waals surface area contributed by atoms with E-state index in [2.05, 4.69) is 55.1 Å². The van der Waals surface area contributed by atoms with Crippen molar-refractivity contribution in [3.8, 4) is 0 Å². The minimum Gasteiger partial charge on any atom is -1.00 e. The monoisotopic (exact) mass is 604 g/mol. The summed E-state index contributed by atoms with van der Waals surface area (Å²) in [6, 6.07) is 4.73. The number of pyridine rings is 1. The lowest BCUT2D eigenvalue weighted by molar-refractivity contribution is -0.697.